The summed E-state index contributed by atoms with van der Waals surface area (Å²) in [4.78, 5) is 23.3. The van der Waals surface area contributed by atoms with Crippen molar-refractivity contribution < 1.29 is 9.53 Å². The largest absolute Gasteiger partial charge is 0.378 e. The third kappa shape index (κ3) is 5.22. The van der Waals surface area contributed by atoms with Crippen LogP contribution in [0.5, 0.6) is 0 Å². The number of nitrogens with one attached hydrogen (secondary N) is 2. The molecule has 1 aliphatic heterocycles. The van der Waals surface area contributed by atoms with E-state index in [-0.39, 0.29) is 12.5 Å². The maximum Gasteiger partial charge on any atom is 0.252 e. The lowest BCUT2D eigenvalue weighted by atomic mass is 10.1. The molecule has 4 rings (SSSR count). The molecule has 1 fully saturated rings. The molecule has 0 aliphatic carbocycles. The van der Waals surface area contributed by atoms with Crippen LogP contribution in [0.3, 0.4) is 0 Å². The van der Waals surface area contributed by atoms with Crippen LogP contribution >= 0.6 is 15.9 Å². The van der Waals surface area contributed by atoms with Crippen LogP contribution in [-0.4, -0.2) is 48.7 Å². The normalized spacial score (nSPS) is 13.3. The lowest BCUT2D eigenvalue weighted by Crippen LogP contribution is -2.36. The zero-order chi connectivity index (χ0) is 22.3. The minimum atomic E-state index is -0.289. The van der Waals surface area contributed by atoms with Gasteiger partial charge in [-0.05, 0) is 52.3 Å². The van der Waals surface area contributed by atoms with Gasteiger partial charge >= 0.3 is 0 Å². The van der Waals surface area contributed by atoms with Gasteiger partial charge in [-0.1, -0.05) is 12.1 Å². The second kappa shape index (κ2) is 10.2. The van der Waals surface area contributed by atoms with Crippen LogP contribution in [0.4, 0.5) is 17.3 Å². The first-order chi connectivity index (χ1) is 15.6. The molecule has 9 heteroatoms. The van der Waals surface area contributed by atoms with Crippen molar-refractivity contribution in [3.63, 3.8) is 0 Å². The molecular formula is C23H21BrN6O2. The zero-order valence-corrected chi connectivity index (χ0v) is 18.8. The van der Waals surface area contributed by atoms with Gasteiger partial charge in [0.05, 0.1) is 29.4 Å². The van der Waals surface area contributed by atoms with E-state index in [0.29, 0.717) is 17.2 Å². The quantitative estimate of drug-likeness (QED) is 0.505. The summed E-state index contributed by atoms with van der Waals surface area (Å²) in [6, 6.07) is 17.1. The molecule has 0 saturated carbocycles. The van der Waals surface area contributed by atoms with E-state index in [1.807, 2.05) is 30.3 Å². The van der Waals surface area contributed by atoms with Gasteiger partial charge in [-0.3, -0.25) is 4.79 Å². The Labute approximate surface area is 194 Å². The first-order valence-corrected chi connectivity index (χ1v) is 10.9. The highest BCUT2D eigenvalue weighted by molar-refractivity contribution is 9.10. The monoisotopic (exact) mass is 492 g/mol. The number of hydrogen-bond acceptors (Lipinski definition) is 7. The zero-order valence-electron chi connectivity index (χ0n) is 17.2. The Morgan fingerprint density at radius 1 is 1.12 bits per heavy atom. The summed E-state index contributed by atoms with van der Waals surface area (Å²) in [7, 11) is 0. The van der Waals surface area contributed by atoms with E-state index >= 15 is 0 Å². The number of rotatable bonds is 6. The van der Waals surface area contributed by atoms with Crippen LogP contribution in [0.25, 0.3) is 11.3 Å². The Morgan fingerprint density at radius 3 is 2.53 bits per heavy atom. The maximum atomic E-state index is 12.0. The molecule has 3 aromatic rings. The van der Waals surface area contributed by atoms with Crippen molar-refractivity contribution in [2.45, 2.75) is 0 Å². The number of hydrogen-bond donors (Lipinski definition) is 2. The van der Waals surface area contributed by atoms with E-state index < -0.39 is 0 Å². The van der Waals surface area contributed by atoms with Crippen molar-refractivity contribution in [3.05, 3.63) is 64.8 Å². The van der Waals surface area contributed by atoms with E-state index in [2.05, 4.69) is 53.6 Å². The summed E-state index contributed by atoms with van der Waals surface area (Å²) in [5.74, 6) is 0.181. The third-order valence-corrected chi connectivity index (χ3v) is 5.57. The van der Waals surface area contributed by atoms with Crippen molar-refractivity contribution in [1.29, 1.82) is 5.26 Å². The van der Waals surface area contributed by atoms with E-state index in [1.165, 1.54) is 0 Å². The molecule has 0 bridgehead atoms. The maximum absolute atomic E-state index is 12.0. The molecule has 32 heavy (non-hydrogen) atoms. The Balaban J connectivity index is 1.48. The molecule has 1 aromatic heterocycles. The highest BCUT2D eigenvalue weighted by atomic mass is 79.9. The molecule has 1 aliphatic rings. The fourth-order valence-corrected chi connectivity index (χ4v) is 3.76. The summed E-state index contributed by atoms with van der Waals surface area (Å²) in [6.07, 6.45) is 1.69. The fourth-order valence-electron chi connectivity index (χ4n) is 3.34. The SMILES string of the molecule is N#CCNC(=O)c1ccc(-c2nc(Nc3ccc(N4CCOCC4)cc3)ncc2Br)cc1. The molecule has 8 nitrogen and oxygen atoms in total. The predicted molar refractivity (Wildman–Crippen MR) is 126 cm³/mol. The Kier molecular flexibility index (Phi) is 6.94. The molecule has 1 saturated heterocycles. The van der Waals surface area contributed by atoms with Gasteiger partial charge in [0.1, 0.15) is 6.54 Å². The van der Waals surface area contributed by atoms with E-state index in [4.69, 9.17) is 10.00 Å². The second-order valence-electron chi connectivity index (χ2n) is 7.08. The van der Waals surface area contributed by atoms with E-state index in [0.717, 1.165) is 47.7 Å². The Morgan fingerprint density at radius 2 is 1.84 bits per heavy atom. The number of aromatic nitrogens is 2. The minimum Gasteiger partial charge on any atom is -0.378 e. The van der Waals surface area contributed by atoms with Crippen molar-refractivity contribution >= 4 is 39.2 Å². The van der Waals surface area contributed by atoms with Crippen molar-refractivity contribution in [1.82, 2.24) is 15.3 Å². The molecule has 0 radical (unpaired) electrons. The highest BCUT2D eigenvalue weighted by Crippen LogP contribution is 2.28. The molecule has 1 amide bonds. The van der Waals surface area contributed by atoms with Crippen LogP contribution in [0.15, 0.2) is 59.2 Å². The van der Waals surface area contributed by atoms with Gasteiger partial charge in [-0.25, -0.2) is 9.97 Å². The Hall–Kier alpha value is -3.48. The lowest BCUT2D eigenvalue weighted by molar-refractivity contribution is 0.0958. The minimum absolute atomic E-state index is 0.0273. The molecule has 2 N–H and O–H groups in total. The van der Waals surface area contributed by atoms with Gasteiger partial charge in [-0.15, -0.1) is 0 Å². The average molecular weight is 493 g/mol. The first-order valence-electron chi connectivity index (χ1n) is 10.1. The number of benzene rings is 2. The summed E-state index contributed by atoms with van der Waals surface area (Å²) in [5.41, 5.74) is 4.07. The van der Waals surface area contributed by atoms with Crippen LogP contribution in [0.1, 0.15) is 10.4 Å². The fraction of sp³-hybridized carbons (Fsp3) is 0.217. The number of morpholine rings is 1. The number of nitrogens with zero attached hydrogens (tertiary/aromatic N) is 4. The highest BCUT2D eigenvalue weighted by Gasteiger charge is 2.12. The number of amides is 1. The van der Waals surface area contributed by atoms with Crippen LogP contribution in [-0.2, 0) is 4.74 Å². The van der Waals surface area contributed by atoms with Gasteiger partial charge < -0.3 is 20.3 Å². The van der Waals surface area contributed by atoms with Crippen LogP contribution in [0.2, 0.25) is 0 Å². The molecule has 0 spiro atoms. The average Bonchev–Trinajstić information content (AvgIpc) is 2.85. The van der Waals surface area contributed by atoms with Crippen molar-refractivity contribution in [2.75, 3.05) is 43.1 Å². The van der Waals surface area contributed by atoms with Crippen LogP contribution in [0, 0.1) is 11.3 Å². The summed E-state index contributed by atoms with van der Waals surface area (Å²) in [5, 5.41) is 14.4. The smallest absolute Gasteiger partial charge is 0.252 e. The van der Waals surface area contributed by atoms with Gasteiger partial charge in [0.25, 0.3) is 5.91 Å². The summed E-state index contributed by atoms with van der Waals surface area (Å²) in [6.45, 7) is 3.26. The number of carbonyl (C=O) groups excluding carboxylic acids is 1. The van der Waals surface area contributed by atoms with Gasteiger partial charge in [0.15, 0.2) is 0 Å². The van der Waals surface area contributed by atoms with Gasteiger partial charge in [-0.2, -0.15) is 5.26 Å². The number of carbonyl (C=O) groups is 1. The number of nitriles is 1. The summed E-state index contributed by atoms with van der Waals surface area (Å²) < 4.78 is 6.15. The second-order valence-corrected chi connectivity index (χ2v) is 7.93. The molecule has 0 atom stereocenters. The Bertz CT molecular complexity index is 1120. The van der Waals surface area contributed by atoms with Gasteiger partial charge in [0.2, 0.25) is 5.95 Å². The molecule has 2 aromatic carbocycles. The van der Waals surface area contributed by atoms with E-state index in [9.17, 15) is 4.79 Å². The standard InChI is InChI=1S/C23H21BrN6O2/c24-20-15-27-23(28-18-5-7-19(8-6-18)30-11-13-32-14-12-30)29-21(20)16-1-3-17(4-2-16)22(31)26-10-9-25/h1-8,15H,10-14H2,(H,26,31)(H,27,28,29). The first kappa shape index (κ1) is 21.7. The van der Waals surface area contributed by atoms with Crippen molar-refractivity contribution in [2.24, 2.45) is 0 Å². The lowest BCUT2D eigenvalue weighted by Gasteiger charge is -2.28. The van der Waals surface area contributed by atoms with E-state index in [1.54, 1.807) is 18.3 Å². The predicted octanol–water partition coefficient (Wildman–Crippen LogP) is 3.74. The topological polar surface area (TPSA) is 103 Å². The summed E-state index contributed by atoms with van der Waals surface area (Å²) >= 11 is 3.50. The van der Waals surface area contributed by atoms with Crippen molar-refractivity contribution in [3.8, 4) is 17.3 Å². The number of anilines is 3. The van der Waals surface area contributed by atoms with Crippen LogP contribution < -0.4 is 15.5 Å². The molecule has 162 valence electrons. The number of ether oxygens (including phenoxy) is 1. The third-order valence-electron chi connectivity index (χ3n) is 4.99. The number of halogens is 1. The molecule has 0 unspecified atom stereocenters. The molecular weight excluding hydrogens is 472 g/mol. The van der Waals surface area contributed by atoms with Gasteiger partial charge in [0, 0.05) is 41.8 Å². The molecule has 2 heterocycles.